The summed E-state index contributed by atoms with van der Waals surface area (Å²) in [6.45, 7) is 0. The van der Waals surface area contributed by atoms with Crippen molar-refractivity contribution in [2.24, 2.45) is 0 Å². The van der Waals surface area contributed by atoms with Crippen molar-refractivity contribution in [1.29, 1.82) is 0 Å². The lowest BCUT2D eigenvalue weighted by molar-refractivity contribution is 0.544. The third-order valence-corrected chi connectivity index (χ3v) is 6.66. The van der Waals surface area contributed by atoms with Crippen molar-refractivity contribution in [3.05, 3.63) is 108 Å². The minimum atomic E-state index is -3.40. The van der Waals surface area contributed by atoms with E-state index in [0.29, 0.717) is 16.5 Å². The van der Waals surface area contributed by atoms with Gasteiger partial charge < -0.3 is 14.8 Å². The Morgan fingerprint density at radius 3 is 2.43 bits per heavy atom. The van der Waals surface area contributed by atoms with E-state index in [-0.39, 0.29) is 17.9 Å². The summed E-state index contributed by atoms with van der Waals surface area (Å²) < 4.78 is 42.3. The van der Waals surface area contributed by atoms with Crippen LogP contribution in [0.5, 0.6) is 0 Å². The number of aromatic nitrogens is 2. The first-order chi connectivity index (χ1) is 16.8. The van der Waals surface area contributed by atoms with Crippen molar-refractivity contribution in [3.63, 3.8) is 0 Å². The molecule has 5 rings (SSSR count). The van der Waals surface area contributed by atoms with Gasteiger partial charge in [0, 0.05) is 29.5 Å². The van der Waals surface area contributed by atoms with Gasteiger partial charge in [0.1, 0.15) is 11.9 Å². The number of hydrogen-bond acceptors (Lipinski definition) is 4. The number of anilines is 2. The second-order valence-electron chi connectivity index (χ2n) is 8.17. The number of hydrogen-bond donors (Lipinski definition) is 2. The van der Waals surface area contributed by atoms with Gasteiger partial charge in [-0.3, -0.25) is 9.71 Å². The summed E-state index contributed by atoms with van der Waals surface area (Å²) in [4.78, 5) is 6.50. The Morgan fingerprint density at radius 1 is 1.00 bits per heavy atom. The van der Waals surface area contributed by atoms with Gasteiger partial charge in [0.05, 0.1) is 23.7 Å². The first-order valence-electron chi connectivity index (χ1n) is 10.8. The molecule has 0 amide bonds. The molecule has 1 aliphatic rings. The Morgan fingerprint density at radius 2 is 1.74 bits per heavy atom. The molecule has 0 saturated carbocycles. The number of rotatable bonds is 6. The zero-order valence-corrected chi connectivity index (χ0v) is 20.3. The molecule has 1 aliphatic heterocycles. The fourth-order valence-corrected chi connectivity index (χ4v) is 5.25. The molecule has 35 heavy (non-hydrogen) atoms. The minimum absolute atomic E-state index is 0.307. The zero-order chi connectivity index (χ0) is 24.6. The summed E-state index contributed by atoms with van der Waals surface area (Å²) >= 11 is 5.75. The van der Waals surface area contributed by atoms with Crippen LogP contribution in [-0.4, -0.2) is 29.3 Å². The van der Waals surface area contributed by atoms with Gasteiger partial charge in [-0.25, -0.2) is 12.8 Å². The lowest BCUT2D eigenvalue weighted by Crippen LogP contribution is -2.30. The lowest BCUT2D eigenvalue weighted by Gasteiger charge is -2.29. The van der Waals surface area contributed by atoms with Crippen molar-refractivity contribution in [1.82, 2.24) is 14.9 Å². The summed E-state index contributed by atoms with van der Waals surface area (Å²) in [5, 5.41) is 3.86. The Labute approximate surface area is 208 Å². The number of benzene rings is 2. The van der Waals surface area contributed by atoms with Crippen molar-refractivity contribution >= 4 is 38.7 Å². The van der Waals surface area contributed by atoms with Gasteiger partial charge in [0.2, 0.25) is 10.0 Å². The molecule has 2 N–H and O–H groups in total. The maximum Gasteiger partial charge on any atom is 0.229 e. The van der Waals surface area contributed by atoms with Crippen molar-refractivity contribution in [2.75, 3.05) is 15.9 Å². The smallest absolute Gasteiger partial charge is 0.229 e. The monoisotopic (exact) mass is 507 g/mol. The van der Waals surface area contributed by atoms with Gasteiger partial charge in [-0.1, -0.05) is 18.2 Å². The quantitative estimate of drug-likeness (QED) is 0.373. The standard InChI is InChI=1S/C25H22FN5O2S2/c1-35(32,33)29-17-11-13-18(14-12-17)31-24(23(28-25(31)34)20-8-4-5-15-27-20)22-10-6-16-30(22)21-9-3-2-7-19(21)26/h2-16,23-24,29H,1H3,(H,28,34)/t23-,24+/m0/s1. The molecule has 0 spiro atoms. The molecule has 2 atom stereocenters. The highest BCUT2D eigenvalue weighted by atomic mass is 32.2. The molecule has 1 fully saturated rings. The molecule has 0 radical (unpaired) electrons. The van der Waals surface area contributed by atoms with Crippen LogP contribution < -0.4 is 14.9 Å². The van der Waals surface area contributed by atoms with Crippen molar-refractivity contribution in [2.45, 2.75) is 12.1 Å². The van der Waals surface area contributed by atoms with Gasteiger partial charge >= 0.3 is 0 Å². The van der Waals surface area contributed by atoms with Crippen LogP contribution in [-0.2, 0) is 10.0 Å². The van der Waals surface area contributed by atoms with E-state index >= 15 is 0 Å². The van der Waals surface area contributed by atoms with Gasteiger partial charge in [0.25, 0.3) is 0 Å². The Kier molecular flexibility index (Phi) is 6.00. The molecule has 7 nitrogen and oxygen atoms in total. The van der Waals surface area contributed by atoms with E-state index < -0.39 is 10.0 Å². The van der Waals surface area contributed by atoms with Crippen molar-refractivity contribution < 1.29 is 12.8 Å². The number of nitrogens with zero attached hydrogens (tertiary/aromatic N) is 3. The molecular formula is C25H22FN5O2S2. The van der Waals surface area contributed by atoms with E-state index in [9.17, 15) is 12.8 Å². The van der Waals surface area contributed by atoms with Gasteiger partial charge in [-0.2, -0.15) is 0 Å². The maximum absolute atomic E-state index is 14.8. The Bertz CT molecular complexity index is 1470. The molecule has 2 aromatic carbocycles. The van der Waals surface area contributed by atoms with Crippen LogP contribution in [0.4, 0.5) is 15.8 Å². The number of para-hydroxylation sites is 1. The number of halogens is 1. The highest BCUT2D eigenvalue weighted by molar-refractivity contribution is 7.92. The van der Waals surface area contributed by atoms with E-state index in [1.54, 1.807) is 48.7 Å². The average molecular weight is 508 g/mol. The summed E-state index contributed by atoms with van der Waals surface area (Å²) in [6, 6.07) is 22.4. The second-order valence-corrected chi connectivity index (χ2v) is 10.3. The average Bonchev–Trinajstić information content (AvgIpc) is 3.44. The summed E-state index contributed by atoms with van der Waals surface area (Å²) in [7, 11) is -3.40. The Hall–Kier alpha value is -3.76. The first-order valence-corrected chi connectivity index (χ1v) is 13.1. The minimum Gasteiger partial charge on any atom is -0.351 e. The van der Waals surface area contributed by atoms with Crippen LogP contribution >= 0.6 is 12.2 Å². The van der Waals surface area contributed by atoms with Crippen LogP contribution in [0, 0.1) is 5.82 Å². The van der Waals surface area contributed by atoms with E-state index in [1.807, 2.05) is 46.0 Å². The molecule has 0 bridgehead atoms. The summed E-state index contributed by atoms with van der Waals surface area (Å²) in [6.07, 6.45) is 4.65. The SMILES string of the molecule is CS(=O)(=O)Nc1ccc(N2C(=S)N[C@@H](c3ccccn3)[C@H]2c2cccn2-c2ccccc2F)cc1. The number of thiocarbonyl (C=S) groups is 1. The fourth-order valence-electron chi connectivity index (χ4n) is 4.34. The number of pyridine rings is 1. The normalized spacial score (nSPS) is 17.9. The lowest BCUT2D eigenvalue weighted by atomic mass is 10.0. The predicted octanol–water partition coefficient (Wildman–Crippen LogP) is 4.56. The summed E-state index contributed by atoms with van der Waals surface area (Å²) in [5.41, 5.74) is 3.24. The highest BCUT2D eigenvalue weighted by Gasteiger charge is 2.42. The van der Waals surface area contributed by atoms with Crippen LogP contribution in [0.3, 0.4) is 0 Å². The summed E-state index contributed by atoms with van der Waals surface area (Å²) in [5.74, 6) is -0.337. The predicted molar refractivity (Wildman–Crippen MR) is 139 cm³/mol. The number of sulfonamides is 1. The molecule has 10 heteroatoms. The largest absolute Gasteiger partial charge is 0.351 e. The molecule has 0 unspecified atom stereocenters. The maximum atomic E-state index is 14.8. The Balaban J connectivity index is 1.62. The van der Waals surface area contributed by atoms with Crippen LogP contribution in [0.25, 0.3) is 5.69 Å². The van der Waals surface area contributed by atoms with E-state index in [0.717, 1.165) is 23.3 Å². The topological polar surface area (TPSA) is 79.3 Å². The van der Waals surface area contributed by atoms with Gasteiger partial charge in [0.15, 0.2) is 5.11 Å². The van der Waals surface area contributed by atoms with E-state index in [1.165, 1.54) is 6.07 Å². The third-order valence-electron chi connectivity index (χ3n) is 5.74. The molecule has 3 heterocycles. The van der Waals surface area contributed by atoms with E-state index in [2.05, 4.69) is 15.0 Å². The van der Waals surface area contributed by atoms with Crippen LogP contribution in [0.15, 0.2) is 91.3 Å². The van der Waals surface area contributed by atoms with Gasteiger partial charge in [-0.15, -0.1) is 0 Å². The third kappa shape index (κ3) is 4.62. The molecule has 2 aromatic heterocycles. The molecule has 1 saturated heterocycles. The molecular weight excluding hydrogens is 485 g/mol. The second kappa shape index (κ2) is 9.12. The number of nitrogens with one attached hydrogen (secondary N) is 2. The van der Waals surface area contributed by atoms with Gasteiger partial charge in [-0.05, 0) is 72.9 Å². The molecule has 4 aromatic rings. The molecule has 178 valence electrons. The fraction of sp³-hybridized carbons (Fsp3) is 0.120. The molecule has 0 aliphatic carbocycles. The first kappa shape index (κ1) is 23.0. The van der Waals surface area contributed by atoms with E-state index in [4.69, 9.17) is 12.2 Å². The van der Waals surface area contributed by atoms with Crippen molar-refractivity contribution in [3.8, 4) is 5.69 Å². The highest BCUT2D eigenvalue weighted by Crippen LogP contribution is 2.42. The van der Waals surface area contributed by atoms with Crippen LogP contribution in [0.1, 0.15) is 23.5 Å². The zero-order valence-electron chi connectivity index (χ0n) is 18.7. The van der Waals surface area contributed by atoms with Crippen LogP contribution in [0.2, 0.25) is 0 Å².